The Bertz CT molecular complexity index is 228. The summed E-state index contributed by atoms with van der Waals surface area (Å²) < 4.78 is 39.6. The zero-order chi connectivity index (χ0) is 11.5. The van der Waals surface area contributed by atoms with E-state index in [1.807, 2.05) is 0 Å². The highest BCUT2D eigenvalue weighted by Crippen LogP contribution is 2.33. The first kappa shape index (κ1) is 12.3. The van der Waals surface area contributed by atoms with Crippen molar-refractivity contribution in [2.45, 2.75) is 25.1 Å². The van der Waals surface area contributed by atoms with E-state index in [0.29, 0.717) is 0 Å². The Hall–Kier alpha value is -0.820. The number of rotatable bonds is 5. The van der Waals surface area contributed by atoms with Gasteiger partial charge in [0.05, 0.1) is 7.11 Å². The summed E-state index contributed by atoms with van der Waals surface area (Å²) >= 11 is 0. The molecule has 0 amide bonds. The highest BCUT2D eigenvalue weighted by molar-refractivity contribution is 5.76. The molecule has 0 bridgehead atoms. The summed E-state index contributed by atoms with van der Waals surface area (Å²) in [7, 11) is 1.18. The molecule has 1 unspecified atom stereocenters. The number of methoxy groups -OCH3 is 1. The van der Waals surface area contributed by atoms with Gasteiger partial charge in [0.1, 0.15) is 6.04 Å². The molecule has 0 aromatic rings. The molecule has 0 radical (unpaired) electrons. The number of nitrogens with one attached hydrogen (secondary N) is 1. The standard InChI is InChI=1S/C8H12F3NO3/c1-14-7(13)6(5-2-3-5)12-15-4-8(9,10)11/h5-6,12H,2-4H2,1H3. The number of halogens is 3. The highest BCUT2D eigenvalue weighted by Gasteiger charge is 2.38. The van der Waals surface area contributed by atoms with Crippen molar-refractivity contribution < 1.29 is 27.5 Å². The van der Waals surface area contributed by atoms with Gasteiger partial charge in [0.25, 0.3) is 0 Å². The van der Waals surface area contributed by atoms with Crippen molar-refractivity contribution >= 4 is 5.97 Å². The molecule has 1 aliphatic carbocycles. The van der Waals surface area contributed by atoms with Crippen LogP contribution in [0.15, 0.2) is 0 Å². The van der Waals surface area contributed by atoms with Gasteiger partial charge in [-0.3, -0.25) is 9.63 Å². The Labute approximate surface area is 84.7 Å². The summed E-state index contributed by atoms with van der Waals surface area (Å²) in [6.45, 7) is -1.42. The highest BCUT2D eigenvalue weighted by atomic mass is 19.4. The summed E-state index contributed by atoms with van der Waals surface area (Å²) in [5, 5.41) is 0. The SMILES string of the molecule is COC(=O)C(NOCC(F)(F)F)C1CC1. The van der Waals surface area contributed by atoms with E-state index >= 15 is 0 Å². The van der Waals surface area contributed by atoms with Crippen LogP contribution >= 0.6 is 0 Å². The molecule has 0 aromatic carbocycles. The maximum atomic E-state index is 11.7. The molecule has 7 heteroatoms. The fraction of sp³-hybridized carbons (Fsp3) is 0.875. The first-order valence-electron chi connectivity index (χ1n) is 4.46. The molecule has 0 aliphatic heterocycles. The molecule has 15 heavy (non-hydrogen) atoms. The Morgan fingerprint density at radius 3 is 2.53 bits per heavy atom. The number of carbonyl (C=O) groups is 1. The molecule has 88 valence electrons. The van der Waals surface area contributed by atoms with Crippen LogP contribution in [-0.2, 0) is 14.4 Å². The zero-order valence-corrected chi connectivity index (χ0v) is 8.13. The second kappa shape index (κ2) is 4.80. The van der Waals surface area contributed by atoms with Gasteiger partial charge in [0.2, 0.25) is 0 Å². The molecular weight excluding hydrogens is 215 g/mol. The van der Waals surface area contributed by atoms with Crippen molar-refractivity contribution in [3.8, 4) is 0 Å². The lowest BCUT2D eigenvalue weighted by molar-refractivity contribution is -0.196. The number of carbonyl (C=O) groups excluding carboxylic acids is 1. The number of ether oxygens (including phenoxy) is 1. The predicted molar refractivity (Wildman–Crippen MR) is 43.7 cm³/mol. The lowest BCUT2D eigenvalue weighted by Crippen LogP contribution is -2.41. The van der Waals surface area contributed by atoms with Crippen LogP contribution in [0.2, 0.25) is 0 Å². The molecular formula is C8H12F3NO3. The van der Waals surface area contributed by atoms with E-state index in [0.717, 1.165) is 12.8 Å². The molecule has 1 rings (SSSR count). The lowest BCUT2D eigenvalue weighted by Gasteiger charge is -2.16. The van der Waals surface area contributed by atoms with E-state index in [1.165, 1.54) is 7.11 Å². The van der Waals surface area contributed by atoms with Crippen LogP contribution in [0.25, 0.3) is 0 Å². The molecule has 1 saturated carbocycles. The summed E-state index contributed by atoms with van der Waals surface area (Å²) in [5.41, 5.74) is 2.09. The molecule has 1 fully saturated rings. The third-order valence-corrected chi connectivity index (χ3v) is 1.99. The number of alkyl halides is 3. The Morgan fingerprint density at radius 1 is 1.53 bits per heavy atom. The summed E-state index contributed by atoms with van der Waals surface area (Å²) in [6.07, 6.45) is -2.82. The fourth-order valence-electron chi connectivity index (χ4n) is 1.11. The Morgan fingerprint density at radius 2 is 2.13 bits per heavy atom. The van der Waals surface area contributed by atoms with E-state index in [2.05, 4.69) is 15.1 Å². The molecule has 0 spiro atoms. The third-order valence-electron chi connectivity index (χ3n) is 1.99. The van der Waals surface area contributed by atoms with E-state index in [4.69, 9.17) is 0 Å². The lowest BCUT2D eigenvalue weighted by atomic mass is 10.2. The van der Waals surface area contributed by atoms with Gasteiger partial charge in [0.15, 0.2) is 6.61 Å². The molecule has 0 saturated heterocycles. The minimum absolute atomic E-state index is 0.0192. The Balaban J connectivity index is 2.29. The van der Waals surface area contributed by atoms with Crippen molar-refractivity contribution in [2.75, 3.05) is 13.7 Å². The topological polar surface area (TPSA) is 47.6 Å². The van der Waals surface area contributed by atoms with E-state index in [9.17, 15) is 18.0 Å². The average Bonchev–Trinajstić information content (AvgIpc) is 2.93. The first-order valence-corrected chi connectivity index (χ1v) is 4.46. The molecule has 1 N–H and O–H groups in total. The van der Waals surface area contributed by atoms with Crippen molar-refractivity contribution in [3.63, 3.8) is 0 Å². The molecule has 1 aliphatic rings. The fourth-order valence-corrected chi connectivity index (χ4v) is 1.11. The van der Waals surface area contributed by atoms with Gasteiger partial charge in [-0.15, -0.1) is 0 Å². The minimum atomic E-state index is -4.41. The van der Waals surface area contributed by atoms with Gasteiger partial charge in [0, 0.05) is 0 Å². The smallest absolute Gasteiger partial charge is 0.413 e. The van der Waals surface area contributed by atoms with Gasteiger partial charge in [-0.1, -0.05) is 0 Å². The molecule has 4 nitrogen and oxygen atoms in total. The van der Waals surface area contributed by atoms with Crippen molar-refractivity contribution in [1.29, 1.82) is 0 Å². The predicted octanol–water partition coefficient (Wildman–Crippen LogP) is 1.02. The Kier molecular flexibility index (Phi) is 3.92. The van der Waals surface area contributed by atoms with Crippen LogP contribution in [0.4, 0.5) is 13.2 Å². The van der Waals surface area contributed by atoms with Crippen molar-refractivity contribution in [1.82, 2.24) is 5.48 Å². The summed E-state index contributed by atoms with van der Waals surface area (Å²) in [5.74, 6) is -0.578. The van der Waals surface area contributed by atoms with Crippen molar-refractivity contribution in [3.05, 3.63) is 0 Å². The molecule has 0 aromatic heterocycles. The number of hydrogen-bond donors (Lipinski definition) is 1. The van der Waals surface area contributed by atoms with E-state index in [-0.39, 0.29) is 5.92 Å². The normalized spacial score (nSPS) is 18.7. The van der Waals surface area contributed by atoms with Crippen LogP contribution in [0.5, 0.6) is 0 Å². The van der Waals surface area contributed by atoms with Gasteiger partial charge in [-0.2, -0.15) is 18.7 Å². The zero-order valence-electron chi connectivity index (χ0n) is 8.13. The first-order chi connectivity index (χ1) is 6.94. The van der Waals surface area contributed by atoms with Crippen LogP contribution in [0.1, 0.15) is 12.8 Å². The van der Waals surface area contributed by atoms with Gasteiger partial charge in [-0.05, 0) is 18.8 Å². The minimum Gasteiger partial charge on any atom is -0.468 e. The monoisotopic (exact) mass is 227 g/mol. The average molecular weight is 227 g/mol. The molecule has 0 heterocycles. The van der Waals surface area contributed by atoms with Gasteiger partial charge < -0.3 is 4.74 Å². The van der Waals surface area contributed by atoms with Crippen LogP contribution in [0, 0.1) is 5.92 Å². The maximum Gasteiger partial charge on any atom is 0.413 e. The second-order valence-electron chi connectivity index (χ2n) is 3.36. The van der Waals surface area contributed by atoms with Gasteiger partial charge >= 0.3 is 12.1 Å². The number of hydroxylamine groups is 1. The number of esters is 1. The molecule has 1 atom stereocenters. The largest absolute Gasteiger partial charge is 0.468 e. The van der Waals surface area contributed by atoms with Crippen LogP contribution in [0.3, 0.4) is 0 Å². The third kappa shape index (κ3) is 4.48. The van der Waals surface area contributed by atoms with E-state index in [1.54, 1.807) is 0 Å². The van der Waals surface area contributed by atoms with Crippen LogP contribution in [-0.4, -0.2) is 31.9 Å². The van der Waals surface area contributed by atoms with E-state index < -0.39 is 24.8 Å². The summed E-state index contributed by atoms with van der Waals surface area (Å²) in [6, 6.07) is -0.794. The van der Waals surface area contributed by atoms with Gasteiger partial charge in [-0.25, -0.2) is 0 Å². The quantitative estimate of drug-likeness (QED) is 0.562. The second-order valence-corrected chi connectivity index (χ2v) is 3.36. The van der Waals surface area contributed by atoms with Crippen LogP contribution < -0.4 is 5.48 Å². The van der Waals surface area contributed by atoms with Crippen molar-refractivity contribution in [2.24, 2.45) is 5.92 Å². The summed E-state index contributed by atoms with van der Waals surface area (Å²) in [4.78, 5) is 15.3. The number of hydrogen-bond acceptors (Lipinski definition) is 4. The maximum absolute atomic E-state index is 11.7.